The van der Waals surface area contributed by atoms with Crippen molar-refractivity contribution in [1.82, 2.24) is 10.9 Å². The first kappa shape index (κ1) is 13.4. The average molecular weight is 234 g/mol. The summed E-state index contributed by atoms with van der Waals surface area (Å²) in [6, 6.07) is 7.02. The van der Waals surface area contributed by atoms with Gasteiger partial charge in [0.05, 0.1) is 0 Å². The minimum atomic E-state index is -0.644. The van der Waals surface area contributed by atoms with Crippen molar-refractivity contribution in [3.8, 4) is 0 Å². The lowest BCUT2D eigenvalue weighted by molar-refractivity contribution is -0.118. The zero-order valence-corrected chi connectivity index (χ0v) is 10.6. The summed E-state index contributed by atoms with van der Waals surface area (Å²) < 4.78 is 0. The second-order valence-electron chi connectivity index (χ2n) is 4.97. The van der Waals surface area contributed by atoms with Gasteiger partial charge in [0.1, 0.15) is 0 Å². The van der Waals surface area contributed by atoms with E-state index < -0.39 is 11.7 Å². The van der Waals surface area contributed by atoms with Gasteiger partial charge in [-0.3, -0.25) is 15.0 Å². The molecule has 0 saturated heterocycles. The molecule has 0 spiro atoms. The lowest BCUT2D eigenvalue weighted by atomic mass is 10.0. The van der Waals surface area contributed by atoms with E-state index in [0.717, 1.165) is 5.56 Å². The summed E-state index contributed by atoms with van der Waals surface area (Å²) in [6.07, 6.45) is 0. The minimum absolute atomic E-state index is 0.276. The molecule has 0 saturated carbocycles. The number of hydrazine groups is 1. The lowest BCUT2D eigenvalue weighted by Gasteiger charge is -2.20. The average Bonchev–Trinajstić information content (AvgIpc) is 2.24. The molecule has 1 aromatic carbocycles. The van der Waals surface area contributed by atoms with E-state index in [0.29, 0.717) is 5.56 Å². The molecule has 0 atom stereocenters. The fraction of sp³-hybridized carbons (Fsp3) is 0.385. The molecule has 0 unspecified atom stereocenters. The summed E-state index contributed by atoms with van der Waals surface area (Å²) in [7, 11) is 0. The summed E-state index contributed by atoms with van der Waals surface area (Å²) in [5, 5.41) is 0. The Morgan fingerprint density at radius 1 is 1.12 bits per heavy atom. The Kier molecular flexibility index (Phi) is 4.02. The molecule has 1 aromatic rings. The zero-order valence-electron chi connectivity index (χ0n) is 10.6. The quantitative estimate of drug-likeness (QED) is 0.474. The van der Waals surface area contributed by atoms with Gasteiger partial charge in [0.15, 0.2) is 0 Å². The second-order valence-corrected chi connectivity index (χ2v) is 4.97. The van der Waals surface area contributed by atoms with Crippen molar-refractivity contribution < 1.29 is 9.59 Å². The topological polar surface area (TPSA) is 58.2 Å². The maximum absolute atomic E-state index is 11.8. The third kappa shape index (κ3) is 4.00. The number of nitrogens with one attached hydrogen (secondary N) is 2. The van der Waals surface area contributed by atoms with Crippen LogP contribution in [0.2, 0.25) is 0 Å². The van der Waals surface area contributed by atoms with Gasteiger partial charge in [-0.2, -0.15) is 0 Å². The molecule has 0 aliphatic heterocycles. The minimum Gasteiger partial charge on any atom is -0.284 e. The fourth-order valence-electron chi connectivity index (χ4n) is 1.25. The highest BCUT2D eigenvalue weighted by Crippen LogP contribution is 2.07. The van der Waals surface area contributed by atoms with E-state index in [1.54, 1.807) is 25.1 Å². The Bertz CT molecular complexity index is 433. The Hall–Kier alpha value is -1.68. The Morgan fingerprint density at radius 3 is 2.24 bits per heavy atom. The van der Waals surface area contributed by atoms with Crippen molar-refractivity contribution in [3.63, 3.8) is 0 Å². The van der Waals surface area contributed by atoms with Crippen molar-refractivity contribution in [1.29, 1.82) is 0 Å². The van der Waals surface area contributed by atoms with E-state index in [1.807, 2.05) is 26.8 Å². The second kappa shape index (κ2) is 5.10. The van der Waals surface area contributed by atoms with Crippen molar-refractivity contribution in [2.75, 3.05) is 0 Å². The van der Waals surface area contributed by atoms with Gasteiger partial charge in [0.25, 0.3) is 5.78 Å². The highest BCUT2D eigenvalue weighted by Gasteiger charge is 2.19. The van der Waals surface area contributed by atoms with E-state index in [1.165, 1.54) is 0 Å². The third-order valence-corrected chi connectivity index (χ3v) is 2.15. The van der Waals surface area contributed by atoms with Crippen LogP contribution in [0.3, 0.4) is 0 Å². The van der Waals surface area contributed by atoms with E-state index >= 15 is 0 Å². The number of hydrogen-bond donors (Lipinski definition) is 2. The molecule has 1 rings (SSSR count). The van der Waals surface area contributed by atoms with Crippen molar-refractivity contribution in [2.45, 2.75) is 33.2 Å². The van der Waals surface area contributed by atoms with E-state index in [9.17, 15) is 9.59 Å². The van der Waals surface area contributed by atoms with Crippen molar-refractivity contribution in [3.05, 3.63) is 35.4 Å². The summed E-state index contributed by atoms with van der Waals surface area (Å²) in [4.78, 5) is 23.4. The van der Waals surface area contributed by atoms with Crippen molar-refractivity contribution in [2.24, 2.45) is 0 Å². The molecule has 0 heterocycles. The number of rotatable bonds is 3. The maximum atomic E-state index is 11.8. The van der Waals surface area contributed by atoms with Crippen LogP contribution in [0.15, 0.2) is 24.3 Å². The smallest absolute Gasteiger partial charge is 0.284 e. The molecule has 4 nitrogen and oxygen atoms in total. The van der Waals surface area contributed by atoms with Gasteiger partial charge in [-0.05, 0) is 33.3 Å². The Labute approximate surface area is 101 Å². The predicted octanol–water partition coefficient (Wildman–Crippen LogP) is 1.60. The van der Waals surface area contributed by atoms with Crippen LogP contribution in [0.25, 0.3) is 0 Å². The van der Waals surface area contributed by atoms with E-state index in [2.05, 4.69) is 10.9 Å². The summed E-state index contributed by atoms with van der Waals surface area (Å²) >= 11 is 0. The van der Waals surface area contributed by atoms with E-state index in [-0.39, 0.29) is 5.54 Å². The molecule has 2 N–H and O–H groups in total. The van der Waals surface area contributed by atoms with Crippen LogP contribution < -0.4 is 10.9 Å². The molecule has 0 aliphatic rings. The van der Waals surface area contributed by atoms with Gasteiger partial charge in [-0.15, -0.1) is 0 Å². The third-order valence-electron chi connectivity index (χ3n) is 2.15. The zero-order chi connectivity index (χ0) is 13.1. The molecule has 1 amide bonds. The lowest BCUT2D eigenvalue weighted by Crippen LogP contribution is -2.50. The number of ketones is 1. The van der Waals surface area contributed by atoms with Crippen LogP contribution in [0.5, 0.6) is 0 Å². The number of Topliss-reactive ketones (excluding diaryl/α,β-unsaturated/α-hetero) is 1. The Morgan fingerprint density at radius 2 is 1.71 bits per heavy atom. The van der Waals surface area contributed by atoms with Crippen LogP contribution in [-0.4, -0.2) is 17.2 Å². The first-order valence-corrected chi connectivity index (χ1v) is 5.49. The van der Waals surface area contributed by atoms with Crippen molar-refractivity contribution >= 4 is 11.7 Å². The first-order chi connectivity index (χ1) is 7.81. The SMILES string of the molecule is Cc1ccccc1C(=O)C(=O)NNC(C)(C)C. The summed E-state index contributed by atoms with van der Waals surface area (Å²) in [5.74, 6) is -1.17. The summed E-state index contributed by atoms with van der Waals surface area (Å²) in [6.45, 7) is 7.49. The van der Waals surface area contributed by atoms with Crippen LogP contribution in [0.1, 0.15) is 36.7 Å². The predicted molar refractivity (Wildman–Crippen MR) is 66.5 cm³/mol. The van der Waals surface area contributed by atoms with Gasteiger partial charge in [-0.1, -0.05) is 24.3 Å². The monoisotopic (exact) mass is 234 g/mol. The van der Waals surface area contributed by atoms with Gasteiger partial charge in [0, 0.05) is 11.1 Å². The Balaban J connectivity index is 2.72. The van der Waals surface area contributed by atoms with Gasteiger partial charge >= 0.3 is 5.91 Å². The molecule has 0 aromatic heterocycles. The maximum Gasteiger partial charge on any atom is 0.306 e. The number of aryl methyl sites for hydroxylation is 1. The van der Waals surface area contributed by atoms with Gasteiger partial charge in [0.2, 0.25) is 0 Å². The molecule has 0 radical (unpaired) electrons. The molecule has 92 valence electrons. The summed E-state index contributed by atoms with van der Waals surface area (Å²) in [5.41, 5.74) is 6.13. The van der Waals surface area contributed by atoms with Crippen LogP contribution in [0.4, 0.5) is 0 Å². The number of hydrogen-bond acceptors (Lipinski definition) is 3. The molecule has 0 fully saturated rings. The number of carbonyl (C=O) groups is 2. The molecular weight excluding hydrogens is 216 g/mol. The number of amides is 1. The molecule has 17 heavy (non-hydrogen) atoms. The molecular formula is C13H18N2O2. The fourth-order valence-corrected chi connectivity index (χ4v) is 1.25. The number of benzene rings is 1. The number of carbonyl (C=O) groups excluding carboxylic acids is 2. The van der Waals surface area contributed by atoms with Gasteiger partial charge < -0.3 is 0 Å². The van der Waals surface area contributed by atoms with Crippen LogP contribution in [0, 0.1) is 6.92 Å². The molecule has 0 bridgehead atoms. The normalized spacial score (nSPS) is 11.1. The highest BCUT2D eigenvalue weighted by molar-refractivity contribution is 6.43. The first-order valence-electron chi connectivity index (χ1n) is 5.49. The van der Waals surface area contributed by atoms with Crippen LogP contribution >= 0.6 is 0 Å². The van der Waals surface area contributed by atoms with Crippen LogP contribution in [-0.2, 0) is 4.79 Å². The van der Waals surface area contributed by atoms with Gasteiger partial charge in [-0.25, -0.2) is 5.43 Å². The molecule has 4 heteroatoms. The van der Waals surface area contributed by atoms with E-state index in [4.69, 9.17) is 0 Å². The standard InChI is InChI=1S/C13H18N2O2/c1-9-7-5-6-8-10(9)11(16)12(17)14-15-13(2,3)4/h5-8,15H,1-4H3,(H,14,17). The molecule has 0 aliphatic carbocycles. The highest BCUT2D eigenvalue weighted by atomic mass is 16.2. The largest absolute Gasteiger partial charge is 0.306 e.